The molecule has 0 aromatic heterocycles. The van der Waals surface area contributed by atoms with Crippen LogP contribution in [0.3, 0.4) is 0 Å². The molecule has 0 N–H and O–H groups in total. The molecule has 0 unspecified atom stereocenters. The van der Waals surface area contributed by atoms with E-state index in [1.54, 1.807) is 0 Å². The van der Waals surface area contributed by atoms with Crippen molar-refractivity contribution in [3.05, 3.63) is 158 Å². The van der Waals surface area contributed by atoms with E-state index >= 15 is 0 Å². The summed E-state index contributed by atoms with van der Waals surface area (Å²) in [5, 5.41) is 15.9. The van der Waals surface area contributed by atoms with Crippen LogP contribution in [0.1, 0.15) is 0 Å². The van der Waals surface area contributed by atoms with Crippen molar-refractivity contribution in [1.29, 1.82) is 0 Å². The Hall–Kier alpha value is -5.98. The van der Waals surface area contributed by atoms with E-state index < -0.39 is 0 Å². The monoisotopic (exact) mass is 578 g/mol. The summed E-state index contributed by atoms with van der Waals surface area (Å²) >= 11 is 0. The molecule has 0 aliphatic heterocycles. The standard InChI is InChI=1S/C46H26/c1-2-11-29(12-3-1)41-34-16-6-7-17-35(34)42(31-21-20-27-10-4-5-13-30(27)26-31)46-39-25-23-37-33-19-9-15-28-14-8-18-32(40(28)33)36-22-24-38(45(41)46)44(39)43(36)37/h1-26H. The molecule has 1 aliphatic rings. The number of benzene rings is 10. The van der Waals surface area contributed by atoms with Gasteiger partial charge in [-0.3, -0.25) is 0 Å². The molecule has 46 heavy (non-hydrogen) atoms. The van der Waals surface area contributed by atoms with E-state index in [1.807, 2.05) is 0 Å². The summed E-state index contributed by atoms with van der Waals surface area (Å²) in [6.07, 6.45) is 0. The van der Waals surface area contributed by atoms with E-state index in [0.717, 1.165) is 0 Å². The van der Waals surface area contributed by atoms with Crippen molar-refractivity contribution < 1.29 is 0 Å². The van der Waals surface area contributed by atoms with Gasteiger partial charge in [0.1, 0.15) is 0 Å². The van der Waals surface area contributed by atoms with Crippen LogP contribution >= 0.6 is 0 Å². The van der Waals surface area contributed by atoms with Crippen LogP contribution in [0.5, 0.6) is 0 Å². The van der Waals surface area contributed by atoms with Crippen LogP contribution in [0.15, 0.2) is 158 Å². The highest BCUT2D eigenvalue weighted by molar-refractivity contribution is 6.39. The van der Waals surface area contributed by atoms with E-state index in [-0.39, 0.29) is 0 Å². The van der Waals surface area contributed by atoms with Gasteiger partial charge in [-0.05, 0) is 115 Å². The molecule has 0 bridgehead atoms. The first kappa shape index (κ1) is 24.4. The lowest BCUT2D eigenvalue weighted by Gasteiger charge is -2.20. The predicted molar refractivity (Wildman–Crippen MR) is 198 cm³/mol. The van der Waals surface area contributed by atoms with E-state index in [1.165, 1.54) is 109 Å². The second-order valence-electron chi connectivity index (χ2n) is 12.8. The molecule has 11 rings (SSSR count). The van der Waals surface area contributed by atoms with Gasteiger partial charge in [0, 0.05) is 0 Å². The first-order valence-electron chi connectivity index (χ1n) is 16.1. The van der Waals surface area contributed by atoms with Crippen LogP contribution in [-0.2, 0) is 0 Å². The summed E-state index contributed by atoms with van der Waals surface area (Å²) in [4.78, 5) is 0. The van der Waals surface area contributed by atoms with Gasteiger partial charge in [-0.25, -0.2) is 0 Å². The maximum absolute atomic E-state index is 2.41. The highest BCUT2D eigenvalue weighted by Crippen LogP contribution is 2.59. The molecule has 0 radical (unpaired) electrons. The summed E-state index contributed by atoms with van der Waals surface area (Å²) in [5.41, 5.74) is 10.5. The molecule has 0 amide bonds. The van der Waals surface area contributed by atoms with Crippen molar-refractivity contribution in [3.63, 3.8) is 0 Å². The quantitative estimate of drug-likeness (QED) is 0.141. The lowest BCUT2D eigenvalue weighted by molar-refractivity contribution is 1.63. The van der Waals surface area contributed by atoms with Crippen LogP contribution in [0.25, 0.3) is 109 Å². The fourth-order valence-electron chi connectivity index (χ4n) is 8.68. The second-order valence-corrected chi connectivity index (χ2v) is 12.8. The van der Waals surface area contributed by atoms with Crippen molar-refractivity contribution in [2.75, 3.05) is 0 Å². The average Bonchev–Trinajstić information content (AvgIpc) is 3.45. The van der Waals surface area contributed by atoms with Gasteiger partial charge in [0.05, 0.1) is 0 Å². The molecule has 210 valence electrons. The van der Waals surface area contributed by atoms with Crippen LogP contribution in [0, 0.1) is 0 Å². The van der Waals surface area contributed by atoms with Gasteiger partial charge in [0.15, 0.2) is 0 Å². The third-order valence-corrected chi connectivity index (χ3v) is 10.5. The largest absolute Gasteiger partial charge is 0.0622 e. The first-order chi connectivity index (χ1) is 22.8. The summed E-state index contributed by atoms with van der Waals surface area (Å²) in [5.74, 6) is 0. The van der Waals surface area contributed by atoms with Gasteiger partial charge in [-0.1, -0.05) is 152 Å². The van der Waals surface area contributed by atoms with Gasteiger partial charge in [0.25, 0.3) is 0 Å². The van der Waals surface area contributed by atoms with Gasteiger partial charge < -0.3 is 0 Å². The normalized spacial score (nSPS) is 12.3. The van der Waals surface area contributed by atoms with E-state index in [2.05, 4.69) is 158 Å². The second kappa shape index (κ2) is 8.81. The predicted octanol–water partition coefficient (Wildman–Crippen LogP) is 13.0. The molecule has 0 fully saturated rings. The number of hydrogen-bond donors (Lipinski definition) is 0. The molecule has 0 saturated heterocycles. The van der Waals surface area contributed by atoms with Gasteiger partial charge in [-0.15, -0.1) is 0 Å². The molecule has 10 aromatic rings. The fourth-order valence-corrected chi connectivity index (χ4v) is 8.68. The van der Waals surface area contributed by atoms with Crippen molar-refractivity contribution in [2.24, 2.45) is 0 Å². The topological polar surface area (TPSA) is 0 Å². The van der Waals surface area contributed by atoms with Crippen LogP contribution in [-0.4, -0.2) is 0 Å². The van der Waals surface area contributed by atoms with Crippen LogP contribution in [0.2, 0.25) is 0 Å². The molecule has 0 nitrogen and oxygen atoms in total. The summed E-state index contributed by atoms with van der Waals surface area (Å²) < 4.78 is 0. The number of hydrogen-bond acceptors (Lipinski definition) is 0. The van der Waals surface area contributed by atoms with Crippen molar-refractivity contribution in [2.45, 2.75) is 0 Å². The Morgan fingerprint density at radius 1 is 0.239 bits per heavy atom. The Morgan fingerprint density at radius 3 is 1.43 bits per heavy atom. The molecular formula is C46H26. The third kappa shape index (κ3) is 3.04. The highest BCUT2D eigenvalue weighted by atomic mass is 14.3. The maximum Gasteiger partial charge on any atom is -0.000740 e. The molecule has 1 aliphatic carbocycles. The number of rotatable bonds is 2. The van der Waals surface area contributed by atoms with Gasteiger partial charge >= 0.3 is 0 Å². The smallest absolute Gasteiger partial charge is 0.000740 e. The lowest BCUT2D eigenvalue weighted by atomic mass is 9.82. The van der Waals surface area contributed by atoms with Crippen molar-refractivity contribution in [3.8, 4) is 44.5 Å². The van der Waals surface area contributed by atoms with Crippen LogP contribution in [0.4, 0.5) is 0 Å². The highest BCUT2D eigenvalue weighted by Gasteiger charge is 2.32. The fraction of sp³-hybridized carbons (Fsp3) is 0. The average molecular weight is 579 g/mol. The molecule has 0 spiro atoms. The Morgan fingerprint density at radius 2 is 0.761 bits per heavy atom. The van der Waals surface area contributed by atoms with Crippen LogP contribution < -0.4 is 0 Å². The molecule has 0 saturated carbocycles. The molecule has 0 heteroatoms. The minimum atomic E-state index is 1.26. The Kier molecular flexibility index (Phi) is 4.66. The zero-order valence-corrected chi connectivity index (χ0v) is 25.0. The molecule has 0 heterocycles. The molecular weight excluding hydrogens is 553 g/mol. The number of fused-ring (bicyclic) bond motifs is 7. The first-order valence-corrected chi connectivity index (χ1v) is 16.1. The van der Waals surface area contributed by atoms with Gasteiger partial charge in [-0.2, -0.15) is 0 Å². The third-order valence-electron chi connectivity index (χ3n) is 10.5. The zero-order valence-electron chi connectivity index (χ0n) is 25.0. The molecule has 0 atom stereocenters. The Labute approximate surface area is 266 Å². The Balaban J connectivity index is 1.38. The minimum absolute atomic E-state index is 1.26. The van der Waals surface area contributed by atoms with E-state index in [0.29, 0.717) is 0 Å². The van der Waals surface area contributed by atoms with Gasteiger partial charge in [0.2, 0.25) is 0 Å². The summed E-state index contributed by atoms with van der Waals surface area (Å²) in [6, 6.07) is 58.9. The van der Waals surface area contributed by atoms with Crippen molar-refractivity contribution >= 4 is 64.6 Å². The minimum Gasteiger partial charge on any atom is -0.0622 e. The Bertz CT molecular complexity index is 2840. The molecule has 10 aromatic carbocycles. The SMILES string of the molecule is c1ccc(-c2c3c(c(-c4ccc5ccccc5c4)c4ccccc24)-c2ccc4c5cccc6cccc(c7ccc-3c2c74)c65)cc1. The summed E-state index contributed by atoms with van der Waals surface area (Å²) in [7, 11) is 0. The van der Waals surface area contributed by atoms with E-state index in [4.69, 9.17) is 0 Å². The lowest BCUT2D eigenvalue weighted by Crippen LogP contribution is -1.93. The summed E-state index contributed by atoms with van der Waals surface area (Å²) in [6.45, 7) is 0. The van der Waals surface area contributed by atoms with E-state index in [9.17, 15) is 0 Å². The maximum atomic E-state index is 2.41. The zero-order chi connectivity index (χ0) is 29.9. The van der Waals surface area contributed by atoms with Crippen molar-refractivity contribution in [1.82, 2.24) is 0 Å².